The molecule has 0 bridgehead atoms. The number of benzene rings is 1. The van der Waals surface area contributed by atoms with Gasteiger partial charge in [0.15, 0.2) is 0 Å². The summed E-state index contributed by atoms with van der Waals surface area (Å²) in [5.74, 6) is 0.507. The van der Waals surface area contributed by atoms with Crippen molar-refractivity contribution in [3.8, 4) is 5.69 Å². The van der Waals surface area contributed by atoms with Crippen LogP contribution in [0.25, 0.3) is 5.69 Å². The molecule has 2 aromatic rings. The first-order chi connectivity index (χ1) is 10.2. The highest BCUT2D eigenvalue weighted by Gasteiger charge is 2.24. The Bertz CT molecular complexity index is 629. The highest BCUT2D eigenvalue weighted by Crippen LogP contribution is 2.35. The van der Waals surface area contributed by atoms with Crippen LogP contribution in [0, 0.1) is 6.92 Å². The lowest BCUT2D eigenvalue weighted by Crippen LogP contribution is -2.14. The zero-order valence-electron chi connectivity index (χ0n) is 12.3. The van der Waals surface area contributed by atoms with Crippen LogP contribution >= 0.6 is 11.6 Å². The Morgan fingerprint density at radius 1 is 1.29 bits per heavy atom. The molecule has 1 fully saturated rings. The Balaban J connectivity index is 2.05. The molecule has 0 amide bonds. The molecule has 0 atom stereocenters. The van der Waals surface area contributed by atoms with Crippen LogP contribution in [0.3, 0.4) is 0 Å². The number of aryl methyl sites for hydroxylation is 1. The number of nitrogens with two attached hydrogens (primary N) is 1. The molecule has 0 spiro atoms. The number of hydrogen-bond donors (Lipinski definition) is 1. The Morgan fingerprint density at radius 3 is 2.71 bits per heavy atom. The first-order valence-corrected chi connectivity index (χ1v) is 7.99. The van der Waals surface area contributed by atoms with E-state index in [4.69, 9.17) is 17.3 Å². The molecule has 3 rings (SSSR count). The Kier molecular flexibility index (Phi) is 4.27. The van der Waals surface area contributed by atoms with Crippen LogP contribution in [0.1, 0.15) is 55.0 Å². The summed E-state index contributed by atoms with van der Waals surface area (Å²) in [5.41, 5.74) is 9.99. The summed E-state index contributed by atoms with van der Waals surface area (Å²) < 4.78 is 1.93. The molecule has 1 saturated carbocycles. The summed E-state index contributed by atoms with van der Waals surface area (Å²) in [6.45, 7) is 2.44. The number of halogens is 1. The second kappa shape index (κ2) is 6.16. The van der Waals surface area contributed by atoms with Crippen molar-refractivity contribution in [2.45, 2.75) is 51.5 Å². The van der Waals surface area contributed by atoms with E-state index < -0.39 is 0 Å². The van der Waals surface area contributed by atoms with Gasteiger partial charge in [-0.25, -0.2) is 4.68 Å². The summed E-state index contributed by atoms with van der Waals surface area (Å²) in [4.78, 5) is 0. The van der Waals surface area contributed by atoms with E-state index in [0.717, 1.165) is 22.0 Å². The topological polar surface area (TPSA) is 56.7 Å². The predicted octanol–water partition coefficient (Wildman–Crippen LogP) is 3.74. The zero-order chi connectivity index (χ0) is 14.8. The van der Waals surface area contributed by atoms with Gasteiger partial charge in [0.1, 0.15) is 5.69 Å². The van der Waals surface area contributed by atoms with Crippen LogP contribution in [0.15, 0.2) is 18.2 Å². The molecule has 112 valence electrons. The van der Waals surface area contributed by atoms with Crippen LogP contribution in [0.5, 0.6) is 0 Å². The minimum absolute atomic E-state index is 0.436. The quantitative estimate of drug-likeness (QED) is 0.940. The number of aromatic nitrogens is 3. The summed E-state index contributed by atoms with van der Waals surface area (Å²) >= 11 is 6.26. The van der Waals surface area contributed by atoms with E-state index in [1.54, 1.807) is 0 Å². The standard InChI is InChI=1S/C16H21ClN4/c1-11-7-8-13(9-14(11)17)21-16(15(10-18)19-20-21)12-5-3-2-4-6-12/h7-9,12H,2-6,10,18H2,1H3. The average Bonchev–Trinajstić information content (AvgIpc) is 2.95. The maximum atomic E-state index is 6.26. The molecule has 21 heavy (non-hydrogen) atoms. The van der Waals surface area contributed by atoms with Crippen molar-refractivity contribution in [1.29, 1.82) is 0 Å². The first-order valence-electron chi connectivity index (χ1n) is 7.61. The Labute approximate surface area is 130 Å². The van der Waals surface area contributed by atoms with Crippen molar-refractivity contribution in [2.24, 2.45) is 5.73 Å². The molecule has 2 N–H and O–H groups in total. The van der Waals surface area contributed by atoms with Crippen LogP contribution in [0.4, 0.5) is 0 Å². The number of rotatable bonds is 3. The number of nitrogens with zero attached hydrogens (tertiary/aromatic N) is 3. The molecular formula is C16H21ClN4. The summed E-state index contributed by atoms with van der Waals surface area (Å²) in [5, 5.41) is 9.37. The zero-order valence-corrected chi connectivity index (χ0v) is 13.1. The molecule has 1 aliphatic carbocycles. The molecule has 0 unspecified atom stereocenters. The fourth-order valence-corrected chi connectivity index (χ4v) is 3.33. The summed E-state index contributed by atoms with van der Waals surface area (Å²) in [6.07, 6.45) is 6.26. The third-order valence-electron chi connectivity index (χ3n) is 4.36. The second-order valence-corrected chi connectivity index (χ2v) is 6.21. The minimum atomic E-state index is 0.436. The van der Waals surface area contributed by atoms with Crippen LogP contribution < -0.4 is 5.73 Å². The fraction of sp³-hybridized carbons (Fsp3) is 0.500. The van der Waals surface area contributed by atoms with Gasteiger partial charge in [0.05, 0.1) is 11.4 Å². The monoisotopic (exact) mass is 304 g/mol. The maximum absolute atomic E-state index is 6.26. The Morgan fingerprint density at radius 2 is 2.05 bits per heavy atom. The van der Waals surface area contributed by atoms with Crippen molar-refractivity contribution in [3.63, 3.8) is 0 Å². The molecule has 1 aromatic heterocycles. The van der Waals surface area contributed by atoms with Crippen molar-refractivity contribution < 1.29 is 0 Å². The van der Waals surface area contributed by atoms with E-state index in [9.17, 15) is 0 Å². The molecule has 1 aliphatic rings. The SMILES string of the molecule is Cc1ccc(-n2nnc(CN)c2C2CCCCC2)cc1Cl. The predicted molar refractivity (Wildman–Crippen MR) is 84.8 cm³/mol. The molecule has 1 aromatic carbocycles. The fourth-order valence-electron chi connectivity index (χ4n) is 3.15. The highest BCUT2D eigenvalue weighted by atomic mass is 35.5. The third-order valence-corrected chi connectivity index (χ3v) is 4.77. The van der Waals surface area contributed by atoms with Gasteiger partial charge in [-0.1, -0.05) is 42.1 Å². The number of hydrogen-bond acceptors (Lipinski definition) is 3. The average molecular weight is 305 g/mol. The molecule has 1 heterocycles. The largest absolute Gasteiger partial charge is 0.325 e. The lowest BCUT2D eigenvalue weighted by Gasteiger charge is -2.23. The van der Waals surface area contributed by atoms with Gasteiger partial charge in [0, 0.05) is 17.5 Å². The molecular weight excluding hydrogens is 284 g/mol. The van der Waals surface area contributed by atoms with Gasteiger partial charge < -0.3 is 5.73 Å². The second-order valence-electron chi connectivity index (χ2n) is 5.81. The highest BCUT2D eigenvalue weighted by molar-refractivity contribution is 6.31. The minimum Gasteiger partial charge on any atom is -0.325 e. The van der Waals surface area contributed by atoms with E-state index in [2.05, 4.69) is 10.3 Å². The first kappa shape index (κ1) is 14.5. The van der Waals surface area contributed by atoms with Crippen LogP contribution in [-0.2, 0) is 6.54 Å². The van der Waals surface area contributed by atoms with Gasteiger partial charge in [0.25, 0.3) is 0 Å². The molecule has 0 saturated heterocycles. The van der Waals surface area contributed by atoms with E-state index >= 15 is 0 Å². The Hall–Kier alpha value is -1.39. The van der Waals surface area contributed by atoms with Crippen LogP contribution in [0.2, 0.25) is 5.02 Å². The van der Waals surface area contributed by atoms with Gasteiger partial charge in [-0.3, -0.25) is 0 Å². The van der Waals surface area contributed by atoms with Crippen molar-refractivity contribution >= 4 is 11.6 Å². The molecule has 4 nitrogen and oxygen atoms in total. The van der Waals surface area contributed by atoms with Gasteiger partial charge in [-0.15, -0.1) is 5.10 Å². The van der Waals surface area contributed by atoms with E-state index in [1.807, 2.05) is 29.8 Å². The maximum Gasteiger partial charge on any atom is 0.100 e. The lowest BCUT2D eigenvalue weighted by atomic mass is 9.86. The van der Waals surface area contributed by atoms with Gasteiger partial charge in [0.2, 0.25) is 0 Å². The smallest absolute Gasteiger partial charge is 0.100 e. The third kappa shape index (κ3) is 2.83. The van der Waals surface area contributed by atoms with Crippen molar-refractivity contribution in [3.05, 3.63) is 40.2 Å². The van der Waals surface area contributed by atoms with Gasteiger partial charge in [-0.05, 0) is 37.5 Å². The van der Waals surface area contributed by atoms with Gasteiger partial charge >= 0.3 is 0 Å². The summed E-state index contributed by atoms with van der Waals surface area (Å²) in [6, 6.07) is 6.02. The van der Waals surface area contributed by atoms with Crippen molar-refractivity contribution in [1.82, 2.24) is 15.0 Å². The molecule has 0 radical (unpaired) electrons. The van der Waals surface area contributed by atoms with Gasteiger partial charge in [-0.2, -0.15) is 0 Å². The van der Waals surface area contributed by atoms with E-state index in [0.29, 0.717) is 12.5 Å². The van der Waals surface area contributed by atoms with E-state index in [-0.39, 0.29) is 0 Å². The van der Waals surface area contributed by atoms with E-state index in [1.165, 1.54) is 37.8 Å². The summed E-state index contributed by atoms with van der Waals surface area (Å²) in [7, 11) is 0. The normalized spacial score (nSPS) is 16.3. The van der Waals surface area contributed by atoms with Crippen LogP contribution in [-0.4, -0.2) is 15.0 Å². The molecule has 0 aliphatic heterocycles. The van der Waals surface area contributed by atoms with Crippen molar-refractivity contribution in [2.75, 3.05) is 0 Å². The molecule has 5 heteroatoms. The lowest BCUT2D eigenvalue weighted by molar-refractivity contribution is 0.428.